The number of hydrogen-bond acceptors (Lipinski definition) is 4. The molecule has 0 spiro atoms. The summed E-state index contributed by atoms with van der Waals surface area (Å²) < 4.78 is 27.8. The molecule has 35 heavy (non-hydrogen) atoms. The van der Waals surface area contributed by atoms with E-state index in [-0.39, 0.29) is 23.1 Å². The van der Waals surface area contributed by atoms with Crippen LogP contribution in [0.4, 0.5) is 11.4 Å². The normalized spacial score (nSPS) is 16.2. The van der Waals surface area contributed by atoms with Gasteiger partial charge in [0.25, 0.3) is 0 Å². The SMILES string of the molecule is CCCCN(CCCC)S(=O)(=O)c1ccc(NC(=O)C2CC(=O)N(c3ccc(C)cc3C)C2)cc1. The standard InChI is InChI=1S/C27H37N3O4S/c1-5-7-15-29(16-8-6-2)35(33,34)24-12-10-23(11-13-24)28-27(32)22-18-26(31)30(19-22)25-14-9-20(3)17-21(25)4/h9-14,17,22H,5-8,15-16,18-19H2,1-4H3,(H,28,32). The molecular formula is C27H37N3O4S. The molecule has 0 saturated carbocycles. The molecule has 7 nitrogen and oxygen atoms in total. The van der Waals surface area contributed by atoms with E-state index in [9.17, 15) is 18.0 Å². The number of carbonyl (C=O) groups is 2. The molecule has 3 rings (SSSR count). The van der Waals surface area contributed by atoms with E-state index in [0.717, 1.165) is 42.5 Å². The van der Waals surface area contributed by atoms with Crippen LogP contribution in [0.1, 0.15) is 57.1 Å². The second-order valence-electron chi connectivity index (χ2n) is 9.32. The average molecular weight is 500 g/mol. The monoisotopic (exact) mass is 499 g/mol. The molecule has 190 valence electrons. The van der Waals surface area contributed by atoms with Crippen LogP contribution in [0.25, 0.3) is 0 Å². The molecule has 1 N–H and O–H groups in total. The maximum Gasteiger partial charge on any atom is 0.243 e. The van der Waals surface area contributed by atoms with E-state index in [2.05, 4.69) is 5.32 Å². The number of unbranched alkanes of at least 4 members (excludes halogenated alkanes) is 2. The Bertz CT molecular complexity index is 1140. The first-order valence-corrected chi connectivity index (χ1v) is 13.9. The molecule has 1 saturated heterocycles. The van der Waals surface area contributed by atoms with Crippen molar-refractivity contribution in [2.24, 2.45) is 5.92 Å². The van der Waals surface area contributed by atoms with E-state index >= 15 is 0 Å². The minimum atomic E-state index is -3.59. The van der Waals surface area contributed by atoms with E-state index in [1.807, 2.05) is 45.9 Å². The van der Waals surface area contributed by atoms with Crippen molar-refractivity contribution < 1.29 is 18.0 Å². The Morgan fingerprint density at radius 1 is 1.03 bits per heavy atom. The number of anilines is 2. The van der Waals surface area contributed by atoms with Crippen molar-refractivity contribution in [1.82, 2.24) is 4.31 Å². The summed E-state index contributed by atoms with van der Waals surface area (Å²) in [6.45, 7) is 9.38. The molecule has 2 aromatic rings. The molecule has 2 amide bonds. The fourth-order valence-electron chi connectivity index (χ4n) is 4.35. The number of nitrogens with one attached hydrogen (secondary N) is 1. The van der Waals surface area contributed by atoms with Gasteiger partial charge in [0.2, 0.25) is 21.8 Å². The molecule has 0 aliphatic carbocycles. The smallest absolute Gasteiger partial charge is 0.243 e. The highest BCUT2D eigenvalue weighted by molar-refractivity contribution is 7.89. The molecule has 1 fully saturated rings. The Labute approximate surface area is 209 Å². The van der Waals surface area contributed by atoms with Gasteiger partial charge in [0, 0.05) is 37.4 Å². The van der Waals surface area contributed by atoms with Gasteiger partial charge in [-0.15, -0.1) is 0 Å². The fourth-order valence-corrected chi connectivity index (χ4v) is 5.87. The lowest BCUT2D eigenvalue weighted by Gasteiger charge is -2.22. The van der Waals surface area contributed by atoms with Gasteiger partial charge in [-0.1, -0.05) is 44.4 Å². The lowest BCUT2D eigenvalue weighted by atomic mass is 10.1. The van der Waals surface area contributed by atoms with Gasteiger partial charge >= 0.3 is 0 Å². The number of carbonyl (C=O) groups excluding carboxylic acids is 2. The molecule has 0 aromatic heterocycles. The van der Waals surface area contributed by atoms with Crippen molar-refractivity contribution in [1.29, 1.82) is 0 Å². The van der Waals surface area contributed by atoms with Crippen LogP contribution in [-0.4, -0.2) is 44.2 Å². The summed E-state index contributed by atoms with van der Waals surface area (Å²) in [5.41, 5.74) is 3.47. The number of aryl methyl sites for hydroxylation is 2. The molecule has 1 aliphatic rings. The van der Waals surface area contributed by atoms with Crippen LogP contribution in [0, 0.1) is 19.8 Å². The van der Waals surface area contributed by atoms with E-state index in [1.54, 1.807) is 21.3 Å². The van der Waals surface area contributed by atoms with Crippen LogP contribution >= 0.6 is 0 Å². The van der Waals surface area contributed by atoms with Gasteiger partial charge in [-0.2, -0.15) is 4.31 Å². The van der Waals surface area contributed by atoms with Gasteiger partial charge in [-0.25, -0.2) is 8.42 Å². The van der Waals surface area contributed by atoms with Gasteiger partial charge < -0.3 is 10.2 Å². The quantitative estimate of drug-likeness (QED) is 0.477. The zero-order valence-corrected chi connectivity index (χ0v) is 22.0. The maximum atomic E-state index is 13.1. The molecule has 0 radical (unpaired) electrons. The van der Waals surface area contributed by atoms with Gasteiger partial charge in [0.15, 0.2) is 0 Å². The van der Waals surface area contributed by atoms with Crippen molar-refractivity contribution in [2.75, 3.05) is 29.9 Å². The Morgan fingerprint density at radius 2 is 1.66 bits per heavy atom. The number of rotatable bonds is 11. The van der Waals surface area contributed by atoms with Crippen molar-refractivity contribution in [3.8, 4) is 0 Å². The summed E-state index contributed by atoms with van der Waals surface area (Å²) in [6, 6.07) is 12.2. The topological polar surface area (TPSA) is 86.8 Å². The Balaban J connectivity index is 1.67. The third-order valence-corrected chi connectivity index (χ3v) is 8.33. The lowest BCUT2D eigenvalue weighted by Crippen LogP contribution is -2.33. The van der Waals surface area contributed by atoms with Gasteiger partial charge in [0.05, 0.1) is 10.8 Å². The van der Waals surface area contributed by atoms with Gasteiger partial charge in [-0.3, -0.25) is 9.59 Å². The van der Waals surface area contributed by atoms with E-state index in [0.29, 0.717) is 25.3 Å². The highest BCUT2D eigenvalue weighted by atomic mass is 32.2. The number of sulfonamides is 1. The Kier molecular flexibility index (Phi) is 9.08. The van der Waals surface area contributed by atoms with Crippen molar-refractivity contribution in [3.05, 3.63) is 53.6 Å². The van der Waals surface area contributed by atoms with Gasteiger partial charge in [0.1, 0.15) is 0 Å². The summed E-state index contributed by atoms with van der Waals surface area (Å²) >= 11 is 0. The minimum absolute atomic E-state index is 0.0715. The molecule has 1 unspecified atom stereocenters. The van der Waals surface area contributed by atoms with Gasteiger partial charge in [-0.05, 0) is 62.6 Å². The number of nitrogens with zero attached hydrogens (tertiary/aromatic N) is 2. The number of benzene rings is 2. The summed E-state index contributed by atoms with van der Waals surface area (Å²) in [5.74, 6) is -0.781. The first-order chi connectivity index (χ1) is 16.7. The maximum absolute atomic E-state index is 13.1. The van der Waals surface area contributed by atoms with Crippen LogP contribution in [0.15, 0.2) is 47.4 Å². The molecule has 1 heterocycles. The van der Waals surface area contributed by atoms with Crippen LogP contribution < -0.4 is 10.2 Å². The third-order valence-electron chi connectivity index (χ3n) is 6.42. The summed E-state index contributed by atoms with van der Waals surface area (Å²) in [7, 11) is -3.59. The largest absolute Gasteiger partial charge is 0.326 e. The van der Waals surface area contributed by atoms with Crippen molar-refractivity contribution in [2.45, 2.75) is 64.7 Å². The van der Waals surface area contributed by atoms with Crippen LogP contribution in [0.3, 0.4) is 0 Å². The Hall–Kier alpha value is -2.71. The van der Waals surface area contributed by atoms with Crippen LogP contribution in [-0.2, 0) is 19.6 Å². The molecule has 1 aliphatic heterocycles. The zero-order valence-electron chi connectivity index (χ0n) is 21.2. The number of hydrogen-bond donors (Lipinski definition) is 1. The average Bonchev–Trinajstić information content (AvgIpc) is 3.21. The van der Waals surface area contributed by atoms with Crippen LogP contribution in [0.5, 0.6) is 0 Å². The third kappa shape index (κ3) is 6.49. The van der Waals surface area contributed by atoms with E-state index in [1.165, 1.54) is 12.1 Å². The first-order valence-electron chi connectivity index (χ1n) is 12.5. The predicted molar refractivity (Wildman–Crippen MR) is 140 cm³/mol. The Morgan fingerprint density at radius 3 is 2.23 bits per heavy atom. The first kappa shape index (κ1) is 26.9. The summed E-state index contributed by atoms with van der Waals surface area (Å²) in [4.78, 5) is 27.4. The molecule has 8 heteroatoms. The zero-order chi connectivity index (χ0) is 25.6. The van der Waals surface area contributed by atoms with E-state index in [4.69, 9.17) is 0 Å². The molecule has 1 atom stereocenters. The number of amides is 2. The van der Waals surface area contributed by atoms with Crippen molar-refractivity contribution in [3.63, 3.8) is 0 Å². The predicted octanol–water partition coefficient (Wildman–Crippen LogP) is 4.89. The second-order valence-corrected chi connectivity index (χ2v) is 11.3. The second kappa shape index (κ2) is 11.8. The highest BCUT2D eigenvalue weighted by Gasteiger charge is 2.35. The fraction of sp³-hybridized carbons (Fsp3) is 0.481. The summed E-state index contributed by atoms with van der Waals surface area (Å²) in [6.07, 6.45) is 3.63. The van der Waals surface area contributed by atoms with Crippen molar-refractivity contribution >= 4 is 33.2 Å². The molecular weight excluding hydrogens is 462 g/mol. The lowest BCUT2D eigenvalue weighted by molar-refractivity contribution is -0.122. The summed E-state index contributed by atoms with van der Waals surface area (Å²) in [5, 5.41) is 2.85. The minimum Gasteiger partial charge on any atom is -0.326 e. The van der Waals surface area contributed by atoms with E-state index < -0.39 is 15.9 Å². The molecule has 2 aromatic carbocycles. The highest BCUT2D eigenvalue weighted by Crippen LogP contribution is 2.29. The molecule has 0 bridgehead atoms. The van der Waals surface area contributed by atoms with Crippen LogP contribution in [0.2, 0.25) is 0 Å².